The van der Waals surface area contributed by atoms with Crippen molar-refractivity contribution < 1.29 is 4.79 Å². The van der Waals surface area contributed by atoms with Crippen molar-refractivity contribution in [1.29, 1.82) is 0 Å². The summed E-state index contributed by atoms with van der Waals surface area (Å²) in [6, 6.07) is 6.99. The van der Waals surface area contributed by atoms with Crippen LogP contribution in [-0.2, 0) is 0 Å². The Morgan fingerprint density at radius 3 is 2.76 bits per heavy atom. The zero-order chi connectivity index (χ0) is 14.7. The van der Waals surface area contributed by atoms with Crippen molar-refractivity contribution in [1.82, 2.24) is 19.5 Å². The molecule has 0 atom stereocenters. The van der Waals surface area contributed by atoms with Crippen LogP contribution >= 0.6 is 15.9 Å². The molecule has 0 aromatic carbocycles. The fraction of sp³-hybridized carbons (Fsp3) is 0. The molecule has 1 amide bonds. The van der Waals surface area contributed by atoms with Gasteiger partial charge in [-0.1, -0.05) is 0 Å². The van der Waals surface area contributed by atoms with Crippen molar-refractivity contribution in [3.8, 4) is 5.82 Å². The Morgan fingerprint density at radius 2 is 2.10 bits per heavy atom. The van der Waals surface area contributed by atoms with Gasteiger partial charge in [-0.15, -0.1) is 0 Å². The quantitative estimate of drug-likeness (QED) is 0.742. The zero-order valence-electron chi connectivity index (χ0n) is 10.8. The lowest BCUT2D eigenvalue weighted by Crippen LogP contribution is -2.13. The first kappa shape index (κ1) is 13.4. The minimum atomic E-state index is -0.243. The number of anilines is 1. The normalized spacial score (nSPS) is 10.3. The van der Waals surface area contributed by atoms with E-state index < -0.39 is 0 Å². The first-order valence-electron chi connectivity index (χ1n) is 6.10. The molecule has 21 heavy (non-hydrogen) atoms. The molecule has 3 aromatic rings. The molecule has 0 aliphatic carbocycles. The third-order valence-corrected chi connectivity index (χ3v) is 3.41. The highest BCUT2D eigenvalue weighted by atomic mass is 79.9. The molecule has 0 aliphatic rings. The molecular weight excluding hydrogens is 334 g/mol. The van der Waals surface area contributed by atoms with Crippen LogP contribution in [0.4, 0.5) is 5.69 Å². The van der Waals surface area contributed by atoms with Crippen LogP contribution in [0.1, 0.15) is 10.4 Å². The Labute approximate surface area is 129 Å². The summed E-state index contributed by atoms with van der Waals surface area (Å²) in [5.41, 5.74) is 1.08. The summed E-state index contributed by atoms with van der Waals surface area (Å²) in [5, 5.41) is 2.78. The number of rotatable bonds is 3. The Balaban J connectivity index is 1.77. The van der Waals surface area contributed by atoms with E-state index in [1.54, 1.807) is 59.9 Å². The number of carbonyl (C=O) groups excluding carboxylic acids is 1. The molecule has 0 saturated carbocycles. The van der Waals surface area contributed by atoms with Crippen molar-refractivity contribution in [3.05, 3.63) is 65.5 Å². The number of halogens is 1. The van der Waals surface area contributed by atoms with Gasteiger partial charge in [-0.25, -0.2) is 15.0 Å². The maximum Gasteiger partial charge on any atom is 0.258 e. The maximum absolute atomic E-state index is 12.1. The average molecular weight is 344 g/mol. The predicted octanol–water partition coefficient (Wildman–Crippen LogP) is 2.68. The van der Waals surface area contributed by atoms with E-state index in [2.05, 4.69) is 36.2 Å². The van der Waals surface area contributed by atoms with Gasteiger partial charge in [0.2, 0.25) is 0 Å². The summed E-state index contributed by atoms with van der Waals surface area (Å²) in [7, 11) is 0. The van der Waals surface area contributed by atoms with Gasteiger partial charge >= 0.3 is 0 Å². The molecule has 0 radical (unpaired) electrons. The Hall–Kier alpha value is -2.54. The van der Waals surface area contributed by atoms with Gasteiger partial charge in [0.1, 0.15) is 16.7 Å². The van der Waals surface area contributed by atoms with E-state index in [-0.39, 0.29) is 5.91 Å². The van der Waals surface area contributed by atoms with Crippen molar-refractivity contribution in [3.63, 3.8) is 0 Å². The third-order valence-electron chi connectivity index (χ3n) is 2.78. The lowest BCUT2D eigenvalue weighted by atomic mass is 10.2. The van der Waals surface area contributed by atoms with Gasteiger partial charge in [0.25, 0.3) is 5.91 Å². The van der Waals surface area contributed by atoms with E-state index in [1.807, 2.05) is 0 Å². The topological polar surface area (TPSA) is 72.7 Å². The fourth-order valence-electron chi connectivity index (χ4n) is 1.76. The summed E-state index contributed by atoms with van der Waals surface area (Å²) in [6.07, 6.45) is 8.35. The van der Waals surface area contributed by atoms with Gasteiger partial charge in [0.05, 0.1) is 17.4 Å². The number of imidazole rings is 1. The van der Waals surface area contributed by atoms with E-state index in [0.717, 1.165) is 5.82 Å². The van der Waals surface area contributed by atoms with Crippen LogP contribution in [0, 0.1) is 0 Å². The predicted molar refractivity (Wildman–Crippen MR) is 81.2 cm³/mol. The molecule has 3 rings (SSSR count). The molecule has 1 N–H and O–H groups in total. The van der Waals surface area contributed by atoms with Crippen LogP contribution < -0.4 is 5.32 Å². The Kier molecular flexibility index (Phi) is 3.74. The SMILES string of the molecule is O=C(Nc1ccc(-n2ccnc2)nc1)c1cccnc1Br. The first-order chi connectivity index (χ1) is 10.2. The van der Waals surface area contributed by atoms with Crippen LogP contribution in [0.2, 0.25) is 0 Å². The van der Waals surface area contributed by atoms with Crippen LogP contribution in [-0.4, -0.2) is 25.4 Å². The highest BCUT2D eigenvalue weighted by Gasteiger charge is 2.10. The van der Waals surface area contributed by atoms with Crippen molar-refractivity contribution >= 4 is 27.5 Å². The second-order valence-corrected chi connectivity index (χ2v) is 4.92. The van der Waals surface area contributed by atoms with Crippen LogP contribution in [0.3, 0.4) is 0 Å². The number of aromatic nitrogens is 4. The molecule has 0 saturated heterocycles. The first-order valence-corrected chi connectivity index (χ1v) is 6.89. The molecule has 0 unspecified atom stereocenters. The van der Waals surface area contributed by atoms with Gasteiger partial charge < -0.3 is 5.32 Å². The van der Waals surface area contributed by atoms with Gasteiger partial charge in [0.15, 0.2) is 0 Å². The maximum atomic E-state index is 12.1. The molecule has 6 nitrogen and oxygen atoms in total. The van der Waals surface area contributed by atoms with Gasteiger partial charge in [-0.2, -0.15) is 0 Å². The van der Waals surface area contributed by atoms with E-state index in [9.17, 15) is 4.79 Å². The van der Waals surface area contributed by atoms with Crippen LogP contribution in [0.25, 0.3) is 5.82 Å². The highest BCUT2D eigenvalue weighted by molar-refractivity contribution is 9.10. The second kappa shape index (κ2) is 5.84. The van der Waals surface area contributed by atoms with E-state index in [0.29, 0.717) is 15.9 Å². The monoisotopic (exact) mass is 343 g/mol. The summed E-state index contributed by atoms with van der Waals surface area (Å²) in [5.74, 6) is 0.486. The van der Waals surface area contributed by atoms with Crippen LogP contribution in [0.5, 0.6) is 0 Å². The van der Waals surface area contributed by atoms with Gasteiger partial charge in [-0.05, 0) is 40.2 Å². The molecule has 7 heteroatoms. The molecule has 0 aliphatic heterocycles. The lowest BCUT2D eigenvalue weighted by molar-refractivity contribution is 0.102. The lowest BCUT2D eigenvalue weighted by Gasteiger charge is -2.07. The zero-order valence-corrected chi connectivity index (χ0v) is 12.4. The molecule has 3 heterocycles. The number of nitrogens with zero attached hydrogens (tertiary/aromatic N) is 4. The Bertz CT molecular complexity index is 755. The summed E-state index contributed by atoms with van der Waals surface area (Å²) >= 11 is 3.25. The molecule has 3 aromatic heterocycles. The van der Waals surface area contributed by atoms with Crippen molar-refractivity contribution in [2.24, 2.45) is 0 Å². The van der Waals surface area contributed by atoms with E-state index in [4.69, 9.17) is 0 Å². The molecule has 104 valence electrons. The Morgan fingerprint density at radius 1 is 1.19 bits per heavy atom. The summed E-state index contributed by atoms with van der Waals surface area (Å²) in [6.45, 7) is 0. The molecule has 0 bridgehead atoms. The number of hydrogen-bond acceptors (Lipinski definition) is 4. The van der Waals surface area contributed by atoms with E-state index in [1.165, 1.54) is 0 Å². The largest absolute Gasteiger partial charge is 0.321 e. The number of carbonyl (C=O) groups is 1. The average Bonchev–Trinajstić information content (AvgIpc) is 3.02. The van der Waals surface area contributed by atoms with Crippen molar-refractivity contribution in [2.45, 2.75) is 0 Å². The fourth-order valence-corrected chi connectivity index (χ4v) is 2.19. The number of amides is 1. The minimum Gasteiger partial charge on any atom is -0.321 e. The van der Waals surface area contributed by atoms with E-state index >= 15 is 0 Å². The summed E-state index contributed by atoms with van der Waals surface area (Å²) in [4.78, 5) is 24.4. The smallest absolute Gasteiger partial charge is 0.258 e. The third kappa shape index (κ3) is 2.97. The molecule has 0 spiro atoms. The minimum absolute atomic E-state index is 0.243. The van der Waals surface area contributed by atoms with Crippen LogP contribution in [0.15, 0.2) is 60.0 Å². The standard InChI is InChI=1S/C14H10BrN5O/c15-13-11(2-1-5-17-13)14(21)19-10-3-4-12(18-8-10)20-7-6-16-9-20/h1-9H,(H,19,21). The number of nitrogens with one attached hydrogen (secondary N) is 1. The molecule has 0 fully saturated rings. The highest BCUT2D eigenvalue weighted by Crippen LogP contribution is 2.15. The number of hydrogen-bond donors (Lipinski definition) is 1. The van der Waals surface area contributed by atoms with Gasteiger partial charge in [0, 0.05) is 18.6 Å². The van der Waals surface area contributed by atoms with Crippen molar-refractivity contribution in [2.75, 3.05) is 5.32 Å². The number of pyridine rings is 2. The summed E-state index contributed by atoms with van der Waals surface area (Å²) < 4.78 is 2.29. The second-order valence-electron chi connectivity index (χ2n) is 4.17. The van der Waals surface area contributed by atoms with Gasteiger partial charge in [-0.3, -0.25) is 9.36 Å². The molecular formula is C14H10BrN5O.